The number of aromatic hydroxyl groups is 1. The minimum Gasteiger partial charge on any atom is -0.507 e. The molecule has 2 N–H and O–H groups in total. The molecular formula is C16H11BrN2O5. The third kappa shape index (κ3) is 3.09. The first-order valence-corrected chi connectivity index (χ1v) is 7.67. The summed E-state index contributed by atoms with van der Waals surface area (Å²) in [7, 11) is 0. The van der Waals surface area contributed by atoms with Crippen LogP contribution in [0, 0.1) is 10.1 Å². The highest BCUT2D eigenvalue weighted by Crippen LogP contribution is 2.29. The third-order valence-electron chi connectivity index (χ3n) is 3.48. The van der Waals surface area contributed by atoms with E-state index in [1.165, 1.54) is 12.1 Å². The molecule has 0 unspecified atom stereocenters. The lowest BCUT2D eigenvalue weighted by molar-refractivity contribution is -0.384. The van der Waals surface area contributed by atoms with Gasteiger partial charge in [-0.25, -0.2) is 4.79 Å². The van der Waals surface area contributed by atoms with Crippen LogP contribution in [0.2, 0.25) is 0 Å². The Hall–Kier alpha value is -2.87. The molecule has 0 aliphatic rings. The van der Waals surface area contributed by atoms with Crippen molar-refractivity contribution < 1.29 is 14.4 Å². The van der Waals surface area contributed by atoms with E-state index in [2.05, 4.69) is 21.2 Å². The van der Waals surface area contributed by atoms with Crippen LogP contribution in [0.4, 0.5) is 11.4 Å². The highest BCUT2D eigenvalue weighted by molar-refractivity contribution is 9.10. The number of fused-ring (bicyclic) bond motifs is 1. The van der Waals surface area contributed by atoms with Gasteiger partial charge in [0.05, 0.1) is 28.5 Å². The number of benzene rings is 2. The topological polar surface area (TPSA) is 106 Å². The van der Waals surface area contributed by atoms with E-state index in [4.69, 9.17) is 4.42 Å². The molecular weight excluding hydrogens is 380 g/mol. The SMILES string of the molecule is O=c1oc2cc([N+](=O)[O-])ccc2c(O)c1CNc1ccc(Br)cc1. The van der Waals surface area contributed by atoms with Gasteiger partial charge in [-0.1, -0.05) is 15.9 Å². The van der Waals surface area contributed by atoms with Gasteiger partial charge in [-0.05, 0) is 30.3 Å². The molecule has 24 heavy (non-hydrogen) atoms. The molecule has 0 aliphatic carbocycles. The van der Waals surface area contributed by atoms with Crippen molar-refractivity contribution in [2.24, 2.45) is 0 Å². The number of nitrogens with zero attached hydrogens (tertiary/aromatic N) is 1. The summed E-state index contributed by atoms with van der Waals surface area (Å²) in [5, 5.41) is 24.3. The second-order valence-corrected chi connectivity index (χ2v) is 5.93. The van der Waals surface area contributed by atoms with Gasteiger partial charge in [0.15, 0.2) is 0 Å². The molecule has 1 heterocycles. The van der Waals surface area contributed by atoms with Crippen LogP contribution in [-0.4, -0.2) is 10.0 Å². The van der Waals surface area contributed by atoms with Crippen LogP contribution in [0.15, 0.2) is 56.1 Å². The van der Waals surface area contributed by atoms with Crippen LogP contribution < -0.4 is 10.9 Å². The van der Waals surface area contributed by atoms with Crippen molar-refractivity contribution in [1.82, 2.24) is 0 Å². The number of nitro groups is 1. The van der Waals surface area contributed by atoms with Crippen molar-refractivity contribution in [3.8, 4) is 5.75 Å². The van der Waals surface area contributed by atoms with Gasteiger partial charge in [-0.15, -0.1) is 0 Å². The molecule has 0 fully saturated rings. The van der Waals surface area contributed by atoms with Gasteiger partial charge in [0.25, 0.3) is 5.69 Å². The summed E-state index contributed by atoms with van der Waals surface area (Å²) in [5.41, 5.74) is -0.171. The average Bonchev–Trinajstić information content (AvgIpc) is 2.55. The highest BCUT2D eigenvalue weighted by Gasteiger charge is 2.16. The quantitative estimate of drug-likeness (QED) is 0.398. The molecule has 0 radical (unpaired) electrons. The van der Waals surface area contributed by atoms with Gasteiger partial charge in [-0.2, -0.15) is 0 Å². The standard InChI is InChI=1S/C16H11BrN2O5/c17-9-1-3-10(4-2-9)18-8-13-15(20)12-6-5-11(19(22)23)7-14(12)24-16(13)21/h1-7,18,20H,8H2. The van der Waals surface area contributed by atoms with Crippen LogP contribution in [0.25, 0.3) is 11.0 Å². The first-order valence-electron chi connectivity index (χ1n) is 6.88. The zero-order chi connectivity index (χ0) is 17.3. The Bertz CT molecular complexity index is 982. The Morgan fingerprint density at radius 2 is 1.92 bits per heavy atom. The van der Waals surface area contributed by atoms with E-state index in [0.29, 0.717) is 0 Å². The fourth-order valence-electron chi connectivity index (χ4n) is 2.24. The van der Waals surface area contributed by atoms with Crippen molar-refractivity contribution in [3.63, 3.8) is 0 Å². The van der Waals surface area contributed by atoms with Gasteiger partial charge < -0.3 is 14.8 Å². The second-order valence-electron chi connectivity index (χ2n) is 5.01. The molecule has 0 saturated heterocycles. The van der Waals surface area contributed by atoms with E-state index < -0.39 is 10.5 Å². The third-order valence-corrected chi connectivity index (χ3v) is 4.01. The Morgan fingerprint density at radius 3 is 2.58 bits per heavy atom. The van der Waals surface area contributed by atoms with Crippen LogP contribution in [0.5, 0.6) is 5.75 Å². The summed E-state index contributed by atoms with van der Waals surface area (Å²) >= 11 is 3.33. The van der Waals surface area contributed by atoms with Crippen LogP contribution in [0.1, 0.15) is 5.56 Å². The molecule has 7 nitrogen and oxygen atoms in total. The van der Waals surface area contributed by atoms with Crippen molar-refractivity contribution in [1.29, 1.82) is 0 Å². The smallest absolute Gasteiger partial charge is 0.345 e. The molecule has 0 atom stereocenters. The summed E-state index contributed by atoms with van der Waals surface area (Å²) in [6, 6.07) is 11.0. The maximum Gasteiger partial charge on any atom is 0.345 e. The lowest BCUT2D eigenvalue weighted by Gasteiger charge is -2.09. The molecule has 0 spiro atoms. The van der Waals surface area contributed by atoms with Gasteiger partial charge in [0, 0.05) is 16.2 Å². The Labute approximate surface area is 143 Å². The number of halogens is 1. The van der Waals surface area contributed by atoms with Gasteiger partial charge >= 0.3 is 5.63 Å². The summed E-state index contributed by atoms with van der Waals surface area (Å²) in [6.07, 6.45) is 0. The first kappa shape index (κ1) is 16.0. The number of rotatable bonds is 4. The summed E-state index contributed by atoms with van der Waals surface area (Å²) in [4.78, 5) is 22.2. The molecule has 3 rings (SSSR count). The Morgan fingerprint density at radius 1 is 1.21 bits per heavy atom. The fourth-order valence-corrected chi connectivity index (χ4v) is 2.50. The summed E-state index contributed by atoms with van der Waals surface area (Å²) in [6.45, 7) is 0.0583. The van der Waals surface area contributed by atoms with Gasteiger partial charge in [-0.3, -0.25) is 10.1 Å². The monoisotopic (exact) mass is 390 g/mol. The highest BCUT2D eigenvalue weighted by atomic mass is 79.9. The number of hydrogen-bond donors (Lipinski definition) is 2. The van der Waals surface area contributed by atoms with E-state index >= 15 is 0 Å². The lowest BCUT2D eigenvalue weighted by Crippen LogP contribution is -2.12. The number of non-ortho nitro benzene ring substituents is 1. The van der Waals surface area contributed by atoms with Gasteiger partial charge in [0.1, 0.15) is 11.3 Å². The molecule has 2 aromatic carbocycles. The van der Waals surface area contributed by atoms with Crippen molar-refractivity contribution in [2.75, 3.05) is 5.32 Å². The van der Waals surface area contributed by atoms with E-state index in [9.17, 15) is 20.0 Å². The maximum atomic E-state index is 12.1. The Balaban J connectivity index is 1.96. The molecule has 3 aromatic rings. The molecule has 0 aliphatic heterocycles. The van der Waals surface area contributed by atoms with Crippen molar-refractivity contribution in [3.05, 3.63) is 73.0 Å². The fraction of sp³-hybridized carbons (Fsp3) is 0.0625. The number of hydrogen-bond acceptors (Lipinski definition) is 6. The van der Waals surface area contributed by atoms with Crippen LogP contribution in [-0.2, 0) is 6.54 Å². The van der Waals surface area contributed by atoms with Gasteiger partial charge in [0.2, 0.25) is 0 Å². The van der Waals surface area contributed by atoms with Crippen LogP contribution >= 0.6 is 15.9 Å². The molecule has 0 bridgehead atoms. The summed E-state index contributed by atoms with van der Waals surface area (Å²) in [5.74, 6) is -0.249. The van der Waals surface area contributed by atoms with Crippen molar-refractivity contribution >= 4 is 38.3 Å². The molecule has 0 amide bonds. The largest absolute Gasteiger partial charge is 0.507 e. The molecule has 122 valence electrons. The Kier molecular flexibility index (Phi) is 4.22. The van der Waals surface area contributed by atoms with E-state index in [1.807, 2.05) is 24.3 Å². The normalized spacial score (nSPS) is 10.7. The number of nitrogens with one attached hydrogen (secondary N) is 1. The minimum atomic E-state index is -0.745. The van der Waals surface area contributed by atoms with Crippen LogP contribution in [0.3, 0.4) is 0 Å². The zero-order valence-electron chi connectivity index (χ0n) is 12.2. The van der Waals surface area contributed by atoms with E-state index in [1.54, 1.807) is 0 Å². The average molecular weight is 391 g/mol. The van der Waals surface area contributed by atoms with Crippen molar-refractivity contribution in [2.45, 2.75) is 6.54 Å². The number of anilines is 1. The van der Waals surface area contributed by atoms with E-state index in [-0.39, 0.29) is 34.5 Å². The summed E-state index contributed by atoms with van der Waals surface area (Å²) < 4.78 is 6.02. The first-order chi connectivity index (χ1) is 11.5. The van der Waals surface area contributed by atoms with E-state index in [0.717, 1.165) is 16.2 Å². The molecule has 0 saturated carbocycles. The maximum absolute atomic E-state index is 12.1. The second kappa shape index (κ2) is 6.32. The minimum absolute atomic E-state index is 0.0286. The molecule has 8 heteroatoms. The zero-order valence-corrected chi connectivity index (χ0v) is 13.7. The lowest BCUT2D eigenvalue weighted by atomic mass is 10.1. The number of nitro benzene ring substituents is 1. The predicted octanol–water partition coefficient (Wildman–Crippen LogP) is 3.78. The predicted molar refractivity (Wildman–Crippen MR) is 92.3 cm³/mol. The molecule has 1 aromatic heterocycles.